The maximum atomic E-state index is 13.6. The number of hydrogen-bond donors (Lipinski definition) is 1. The lowest BCUT2D eigenvalue weighted by Gasteiger charge is -2.34. The van der Waals surface area contributed by atoms with E-state index in [1.165, 1.54) is 19.2 Å². The quantitative estimate of drug-likeness (QED) is 0.915. The molecule has 1 heterocycles. The minimum Gasteiger partial charge on any atom is -0.494 e. The van der Waals surface area contributed by atoms with Crippen molar-refractivity contribution in [2.45, 2.75) is 25.9 Å². The first-order valence-electron chi connectivity index (χ1n) is 6.79. The Labute approximate surface area is 118 Å². The topological polar surface area (TPSA) is 49.8 Å². The fourth-order valence-electron chi connectivity index (χ4n) is 2.38. The van der Waals surface area contributed by atoms with Crippen LogP contribution in [-0.2, 0) is 11.2 Å². The predicted octanol–water partition coefficient (Wildman–Crippen LogP) is 1.61. The van der Waals surface area contributed by atoms with Crippen LogP contribution >= 0.6 is 0 Å². The molecular formula is C15H20FNO3. The van der Waals surface area contributed by atoms with Crippen molar-refractivity contribution in [3.63, 3.8) is 0 Å². The molecule has 1 aromatic rings. The van der Waals surface area contributed by atoms with Crippen LogP contribution in [0.25, 0.3) is 0 Å². The van der Waals surface area contributed by atoms with Gasteiger partial charge in [0.05, 0.1) is 19.6 Å². The van der Waals surface area contributed by atoms with E-state index in [4.69, 9.17) is 4.74 Å². The molecule has 0 aromatic heterocycles. The van der Waals surface area contributed by atoms with Crippen molar-refractivity contribution in [2.24, 2.45) is 5.92 Å². The highest BCUT2D eigenvalue weighted by atomic mass is 19.1. The molecule has 1 aromatic carbocycles. The van der Waals surface area contributed by atoms with E-state index in [0.29, 0.717) is 18.7 Å². The number of carbonyl (C=O) groups excluding carboxylic acids is 1. The van der Waals surface area contributed by atoms with E-state index in [1.807, 2.05) is 6.92 Å². The number of likely N-dealkylation sites (tertiary alicyclic amines) is 1. The maximum Gasteiger partial charge on any atom is 0.227 e. The number of methoxy groups -OCH3 is 1. The number of rotatable bonds is 3. The van der Waals surface area contributed by atoms with Gasteiger partial charge >= 0.3 is 0 Å². The number of nitrogens with zero attached hydrogens (tertiary/aromatic N) is 1. The third kappa shape index (κ3) is 3.28. The van der Waals surface area contributed by atoms with Gasteiger partial charge in [-0.15, -0.1) is 0 Å². The molecule has 1 amide bonds. The van der Waals surface area contributed by atoms with Crippen molar-refractivity contribution in [3.8, 4) is 5.75 Å². The third-order valence-electron chi connectivity index (χ3n) is 3.84. The number of halogens is 1. The van der Waals surface area contributed by atoms with Gasteiger partial charge in [-0.1, -0.05) is 13.0 Å². The summed E-state index contributed by atoms with van der Waals surface area (Å²) in [6.45, 7) is 2.99. The summed E-state index contributed by atoms with van der Waals surface area (Å²) in [6, 6.07) is 4.52. The van der Waals surface area contributed by atoms with Crippen LogP contribution in [0.5, 0.6) is 5.75 Å². The monoisotopic (exact) mass is 281 g/mol. The molecule has 2 atom stereocenters. The Morgan fingerprint density at radius 3 is 2.90 bits per heavy atom. The van der Waals surface area contributed by atoms with Gasteiger partial charge in [-0.05, 0) is 30.0 Å². The summed E-state index contributed by atoms with van der Waals surface area (Å²) in [4.78, 5) is 13.8. The molecule has 110 valence electrons. The van der Waals surface area contributed by atoms with Crippen molar-refractivity contribution in [2.75, 3.05) is 20.2 Å². The van der Waals surface area contributed by atoms with Crippen molar-refractivity contribution < 1.29 is 19.0 Å². The molecule has 1 saturated heterocycles. The molecule has 0 spiro atoms. The van der Waals surface area contributed by atoms with E-state index >= 15 is 0 Å². The number of amides is 1. The average molecular weight is 281 g/mol. The van der Waals surface area contributed by atoms with Crippen LogP contribution in [0, 0.1) is 11.7 Å². The van der Waals surface area contributed by atoms with Gasteiger partial charge in [-0.25, -0.2) is 4.39 Å². The maximum absolute atomic E-state index is 13.6. The van der Waals surface area contributed by atoms with Gasteiger partial charge in [0.25, 0.3) is 0 Å². The van der Waals surface area contributed by atoms with Crippen LogP contribution in [0.4, 0.5) is 4.39 Å². The van der Waals surface area contributed by atoms with Gasteiger partial charge < -0.3 is 14.7 Å². The number of benzene rings is 1. The van der Waals surface area contributed by atoms with Gasteiger partial charge in [-0.3, -0.25) is 4.79 Å². The normalized spacial score (nSPS) is 22.7. The van der Waals surface area contributed by atoms with E-state index in [2.05, 4.69) is 0 Å². The highest BCUT2D eigenvalue weighted by molar-refractivity contribution is 5.79. The number of piperidine rings is 1. The van der Waals surface area contributed by atoms with Gasteiger partial charge in [-0.2, -0.15) is 0 Å². The summed E-state index contributed by atoms with van der Waals surface area (Å²) in [5.41, 5.74) is 0.612. The number of aliphatic hydroxyl groups is 1. The first-order valence-corrected chi connectivity index (χ1v) is 6.79. The Morgan fingerprint density at radius 2 is 2.30 bits per heavy atom. The first-order chi connectivity index (χ1) is 9.51. The smallest absolute Gasteiger partial charge is 0.227 e. The van der Waals surface area contributed by atoms with Crippen LogP contribution in [-0.4, -0.2) is 42.2 Å². The van der Waals surface area contributed by atoms with Gasteiger partial charge in [0.15, 0.2) is 11.6 Å². The molecular weight excluding hydrogens is 261 g/mol. The Bertz CT molecular complexity index is 492. The Kier molecular flexibility index (Phi) is 4.60. The molecule has 0 aliphatic carbocycles. The zero-order chi connectivity index (χ0) is 14.7. The summed E-state index contributed by atoms with van der Waals surface area (Å²) >= 11 is 0. The number of ether oxygens (including phenoxy) is 1. The van der Waals surface area contributed by atoms with Crippen molar-refractivity contribution in [3.05, 3.63) is 29.6 Å². The largest absolute Gasteiger partial charge is 0.494 e. The van der Waals surface area contributed by atoms with Gasteiger partial charge in [0.1, 0.15) is 0 Å². The molecule has 1 N–H and O–H groups in total. The lowest BCUT2D eigenvalue weighted by molar-refractivity contribution is -0.134. The third-order valence-corrected chi connectivity index (χ3v) is 3.84. The van der Waals surface area contributed by atoms with Gasteiger partial charge in [0.2, 0.25) is 5.91 Å². The first kappa shape index (κ1) is 14.8. The second-order valence-corrected chi connectivity index (χ2v) is 5.32. The fourth-order valence-corrected chi connectivity index (χ4v) is 2.38. The second-order valence-electron chi connectivity index (χ2n) is 5.32. The summed E-state index contributed by atoms with van der Waals surface area (Å²) in [5.74, 6) is -0.161. The van der Waals surface area contributed by atoms with E-state index in [0.717, 1.165) is 6.42 Å². The predicted molar refractivity (Wildman–Crippen MR) is 73.0 cm³/mol. The molecule has 4 nitrogen and oxygen atoms in total. The molecule has 1 aliphatic heterocycles. The highest BCUT2D eigenvalue weighted by Gasteiger charge is 2.27. The van der Waals surface area contributed by atoms with Crippen LogP contribution in [0.3, 0.4) is 0 Å². The van der Waals surface area contributed by atoms with E-state index in [1.54, 1.807) is 11.0 Å². The molecule has 20 heavy (non-hydrogen) atoms. The second kappa shape index (κ2) is 6.22. The Morgan fingerprint density at radius 1 is 1.55 bits per heavy atom. The highest BCUT2D eigenvalue weighted by Crippen LogP contribution is 2.20. The summed E-state index contributed by atoms with van der Waals surface area (Å²) < 4.78 is 18.4. The lowest BCUT2D eigenvalue weighted by atomic mass is 9.95. The van der Waals surface area contributed by atoms with Crippen LogP contribution in [0.2, 0.25) is 0 Å². The fraction of sp³-hybridized carbons (Fsp3) is 0.533. The molecule has 0 radical (unpaired) electrons. The molecule has 0 bridgehead atoms. The van der Waals surface area contributed by atoms with Crippen LogP contribution in [0.15, 0.2) is 18.2 Å². The van der Waals surface area contributed by atoms with Crippen molar-refractivity contribution in [1.29, 1.82) is 0 Å². The van der Waals surface area contributed by atoms with Crippen molar-refractivity contribution in [1.82, 2.24) is 4.90 Å². The number of hydrogen-bond acceptors (Lipinski definition) is 3. The Balaban J connectivity index is 1.99. The van der Waals surface area contributed by atoms with Crippen molar-refractivity contribution >= 4 is 5.91 Å². The van der Waals surface area contributed by atoms with E-state index < -0.39 is 11.9 Å². The standard InChI is InChI=1S/C15H20FNO3/c1-10-5-6-17(9-13(10)18)15(19)8-11-3-4-14(20-2)12(16)7-11/h3-4,7,10,13,18H,5-6,8-9H2,1-2H3. The van der Waals surface area contributed by atoms with E-state index in [-0.39, 0.29) is 24.0 Å². The molecule has 0 saturated carbocycles. The Hall–Kier alpha value is -1.62. The number of β-amino-alcohol motifs (C(OH)–C–C–N with tert-alkyl or cyclic N) is 1. The number of carbonyl (C=O) groups is 1. The molecule has 1 fully saturated rings. The minimum atomic E-state index is -0.472. The minimum absolute atomic E-state index is 0.0829. The SMILES string of the molecule is COc1ccc(CC(=O)N2CCC(C)C(O)C2)cc1F. The lowest BCUT2D eigenvalue weighted by Crippen LogP contribution is -2.46. The zero-order valence-corrected chi connectivity index (χ0v) is 11.8. The zero-order valence-electron chi connectivity index (χ0n) is 11.8. The van der Waals surface area contributed by atoms with Crippen LogP contribution in [0.1, 0.15) is 18.9 Å². The molecule has 2 unspecified atom stereocenters. The summed E-state index contributed by atoms with van der Waals surface area (Å²) in [6.07, 6.45) is 0.464. The van der Waals surface area contributed by atoms with Gasteiger partial charge in [0, 0.05) is 13.1 Å². The molecule has 2 rings (SSSR count). The summed E-state index contributed by atoms with van der Waals surface area (Å²) in [7, 11) is 1.40. The van der Waals surface area contributed by atoms with E-state index in [9.17, 15) is 14.3 Å². The molecule has 5 heteroatoms. The summed E-state index contributed by atoms with van der Waals surface area (Å²) in [5, 5.41) is 9.81. The van der Waals surface area contributed by atoms with Crippen LogP contribution < -0.4 is 4.74 Å². The average Bonchev–Trinajstić information content (AvgIpc) is 2.42. The molecule has 1 aliphatic rings. The number of aliphatic hydroxyl groups excluding tert-OH is 1.